The normalized spacial score (nSPS) is 12.0. The number of para-hydroxylation sites is 10. The van der Waals surface area contributed by atoms with Gasteiger partial charge in [-0.05, 0) is 276 Å². The Balaban J connectivity index is 0.000000137. The van der Waals surface area contributed by atoms with Gasteiger partial charge in [0.05, 0.1) is 22.1 Å². The van der Waals surface area contributed by atoms with Crippen LogP contribution in [0.2, 0.25) is 0 Å². The van der Waals surface area contributed by atoms with E-state index >= 15 is 0 Å². The molecule has 0 atom stereocenters. The van der Waals surface area contributed by atoms with Crippen LogP contribution < -0.4 is 19.6 Å². The number of thiophene rings is 4. The van der Waals surface area contributed by atoms with E-state index in [1.807, 2.05) is 45.3 Å². The van der Waals surface area contributed by atoms with Crippen LogP contribution in [0.5, 0.6) is 0 Å². The minimum absolute atomic E-state index is 1.11. The zero-order chi connectivity index (χ0) is 93.5. The second-order valence-corrected chi connectivity index (χ2v) is 41.6. The van der Waals surface area contributed by atoms with E-state index in [1.165, 1.54) is 189 Å². The standard InChI is InChI=1S/C70H44N4S2.C60H40N4S2/c1-5-17-47(18-6-1)71(51-29-33-57-55-25-13-15-27-63(55)73(65(57)41-51)49-21-9-3-10-22-49)53-31-35-59-61-37-45-40-68-62(38-46(45)39-67(61)75-69(59)43-53)60-36-32-54(44-70(60)76-68)72(48-19-7-2-8-20-48)52-30-34-58-56-26-14-16-28-64(56)74(66(58)42-52)50-23-11-4-12-24-50;1-61-53-19-11-9-17-45(53)49-33-41(23-27-55(49)61)63(39-13-5-3-6-14-39)43-21-25-47-51-29-37-32-58-52(30-38(37)31-57(51)65-59(47)35-43)48-26-22-44(36-60(48)66-58)64(40-15-7-4-8-16-40)42-24-28-56-50(34-42)46-18-10-12-20-54(46)62(56)2/h1-44H;3-36H,1-2H3. The van der Waals surface area contributed by atoms with Crippen molar-refractivity contribution in [3.8, 4) is 11.4 Å². The van der Waals surface area contributed by atoms with Crippen molar-refractivity contribution in [1.82, 2.24) is 18.3 Å². The predicted octanol–water partition coefficient (Wildman–Crippen LogP) is 38.5. The zero-order valence-corrected chi connectivity index (χ0v) is 80.5. The van der Waals surface area contributed by atoms with Crippen molar-refractivity contribution in [3.63, 3.8) is 0 Å². The van der Waals surface area contributed by atoms with E-state index in [2.05, 4.69) is 525 Å². The third-order valence-corrected chi connectivity index (χ3v) is 33.7. The fourth-order valence-electron chi connectivity index (χ4n) is 22.7. The van der Waals surface area contributed by atoms with Crippen molar-refractivity contribution in [1.29, 1.82) is 0 Å². The first-order chi connectivity index (χ1) is 70.2. The van der Waals surface area contributed by atoms with E-state index in [0.717, 1.165) is 79.6 Å². The Bertz CT molecular complexity index is 9800. The SMILES string of the molecule is Cn1c2ccccc2c2cc(N(c3ccccc3)c3ccc4c(c3)sc3cc5cc6c(cc5cc34)sc3cc(N(c4ccccc4)c4ccc5c(c4)c4ccccc4n5C)ccc36)ccc21.c1ccc(N(c2ccc3c(c2)sc2cc4cc5c(cc4cc23)sc2cc(N(c3ccccc3)c3ccc4c6ccccc6n(-c6ccccc6)c4c3)ccc25)c2ccc3c4ccccc4n(-c4ccccc4)c3c2)cc1. The first-order valence-electron chi connectivity index (χ1n) is 48.2. The number of aryl methyl sites for hydroxylation is 2. The Morgan fingerprint density at radius 2 is 0.352 bits per heavy atom. The molecule has 8 heterocycles. The summed E-state index contributed by atoms with van der Waals surface area (Å²) < 4.78 is 19.7. The van der Waals surface area contributed by atoms with Gasteiger partial charge in [0.25, 0.3) is 0 Å². The summed E-state index contributed by atoms with van der Waals surface area (Å²) in [5.41, 5.74) is 25.6. The molecule has 12 heteroatoms. The maximum Gasteiger partial charge on any atom is 0.0561 e. The van der Waals surface area contributed by atoms with Gasteiger partial charge >= 0.3 is 0 Å². The van der Waals surface area contributed by atoms with E-state index in [1.54, 1.807) is 0 Å². The maximum atomic E-state index is 2.42. The van der Waals surface area contributed by atoms with Crippen LogP contribution in [-0.2, 0) is 14.1 Å². The minimum Gasteiger partial charge on any atom is -0.344 e. The monoisotopic (exact) mass is 1880 g/mol. The van der Waals surface area contributed by atoms with Gasteiger partial charge in [0.1, 0.15) is 0 Å². The second-order valence-electron chi connectivity index (χ2n) is 37.2. The van der Waals surface area contributed by atoms with Gasteiger partial charge in [-0.15, -0.1) is 45.3 Å². The highest BCUT2D eigenvalue weighted by molar-refractivity contribution is 7.27. The molecular formula is C130H84N8S4. The third-order valence-electron chi connectivity index (χ3n) is 29.2. The highest BCUT2D eigenvalue weighted by atomic mass is 32.1. The van der Waals surface area contributed by atoms with Gasteiger partial charge in [0, 0.05) is 240 Å². The van der Waals surface area contributed by atoms with E-state index in [4.69, 9.17) is 0 Å². The maximum absolute atomic E-state index is 2.42. The topological polar surface area (TPSA) is 32.7 Å². The molecule has 0 bridgehead atoms. The van der Waals surface area contributed by atoms with Crippen molar-refractivity contribution in [2.45, 2.75) is 0 Å². The molecule has 0 radical (unpaired) electrons. The van der Waals surface area contributed by atoms with Gasteiger partial charge in [-0.25, -0.2) is 0 Å². The lowest BCUT2D eigenvalue weighted by molar-refractivity contribution is 1.01. The molecule has 30 rings (SSSR count). The van der Waals surface area contributed by atoms with Crippen LogP contribution in [0.4, 0.5) is 68.2 Å². The van der Waals surface area contributed by atoms with Crippen molar-refractivity contribution in [2.24, 2.45) is 14.1 Å². The number of anilines is 12. The molecule has 8 nitrogen and oxygen atoms in total. The summed E-state index contributed by atoms with van der Waals surface area (Å²) in [6, 6.07) is 174. The quantitative estimate of drug-likeness (QED) is 0.109. The molecule has 0 aliphatic carbocycles. The van der Waals surface area contributed by atoms with Gasteiger partial charge in [-0.2, -0.15) is 0 Å². The molecule has 22 aromatic carbocycles. The summed E-state index contributed by atoms with van der Waals surface area (Å²) >= 11 is 7.54. The molecule has 0 spiro atoms. The molecule has 30 aromatic rings. The Morgan fingerprint density at radius 1 is 0.141 bits per heavy atom. The Morgan fingerprint density at radius 3 is 0.648 bits per heavy atom. The highest BCUT2D eigenvalue weighted by Crippen LogP contribution is 2.52. The molecular weight excluding hydrogens is 1800 g/mol. The van der Waals surface area contributed by atoms with Crippen molar-refractivity contribution in [3.05, 3.63) is 473 Å². The molecule has 8 aromatic heterocycles. The smallest absolute Gasteiger partial charge is 0.0561 e. The summed E-state index contributed by atoms with van der Waals surface area (Å²) in [4.78, 5) is 9.60. The lowest BCUT2D eigenvalue weighted by Gasteiger charge is -2.26. The number of hydrogen-bond acceptors (Lipinski definition) is 8. The van der Waals surface area contributed by atoms with Gasteiger partial charge in [0.15, 0.2) is 0 Å². The fourth-order valence-corrected chi connectivity index (χ4v) is 27.4. The number of rotatable bonds is 14. The summed E-state index contributed by atoms with van der Waals surface area (Å²) in [7, 11) is 4.32. The van der Waals surface area contributed by atoms with Gasteiger partial charge in [0.2, 0.25) is 0 Å². The summed E-state index contributed by atoms with van der Waals surface area (Å²) in [5, 5.41) is 25.5. The van der Waals surface area contributed by atoms with E-state index in [9.17, 15) is 0 Å². The summed E-state index contributed by atoms with van der Waals surface area (Å²) in [6.07, 6.45) is 0. The van der Waals surface area contributed by atoms with Crippen molar-refractivity contribution >= 4 is 303 Å². The number of aromatic nitrogens is 4. The van der Waals surface area contributed by atoms with Gasteiger partial charge in [-0.3, -0.25) is 0 Å². The lowest BCUT2D eigenvalue weighted by atomic mass is 10.0. The summed E-state index contributed by atoms with van der Waals surface area (Å²) in [6.45, 7) is 0. The lowest BCUT2D eigenvalue weighted by Crippen LogP contribution is -2.09. The predicted molar refractivity (Wildman–Crippen MR) is 615 cm³/mol. The Hall–Kier alpha value is -17.4. The first-order valence-corrected chi connectivity index (χ1v) is 51.5. The highest BCUT2D eigenvalue weighted by Gasteiger charge is 2.27. The molecule has 0 saturated heterocycles. The molecule has 142 heavy (non-hydrogen) atoms. The van der Waals surface area contributed by atoms with Crippen LogP contribution in [0.1, 0.15) is 0 Å². The van der Waals surface area contributed by atoms with Crippen LogP contribution in [0.15, 0.2) is 473 Å². The molecule has 0 N–H and O–H groups in total. The number of fused-ring (bicyclic) bond motifs is 26. The van der Waals surface area contributed by atoms with E-state index in [-0.39, 0.29) is 0 Å². The van der Waals surface area contributed by atoms with Gasteiger partial charge in [-0.1, -0.05) is 218 Å². The van der Waals surface area contributed by atoms with Crippen LogP contribution >= 0.6 is 45.3 Å². The van der Waals surface area contributed by atoms with Crippen LogP contribution in [-0.4, -0.2) is 18.3 Å². The van der Waals surface area contributed by atoms with Gasteiger partial charge < -0.3 is 37.9 Å². The van der Waals surface area contributed by atoms with E-state index in [0.29, 0.717) is 0 Å². The molecule has 0 aliphatic rings. The number of hydrogen-bond donors (Lipinski definition) is 0. The Labute approximate surface area is 832 Å². The van der Waals surface area contributed by atoms with Crippen molar-refractivity contribution in [2.75, 3.05) is 19.6 Å². The molecule has 0 unspecified atom stereocenters. The minimum atomic E-state index is 1.11. The number of nitrogens with zero attached hydrogens (tertiary/aromatic N) is 8. The molecule has 0 aliphatic heterocycles. The largest absolute Gasteiger partial charge is 0.344 e. The fraction of sp³-hybridized carbons (Fsp3) is 0.0154. The average molecular weight is 1890 g/mol. The third kappa shape index (κ3) is 13.2. The van der Waals surface area contributed by atoms with Crippen molar-refractivity contribution < 1.29 is 0 Å². The Kier molecular flexibility index (Phi) is 18.8. The van der Waals surface area contributed by atoms with Crippen LogP contribution in [0.3, 0.4) is 0 Å². The molecule has 0 amide bonds. The van der Waals surface area contributed by atoms with Crippen LogP contribution in [0.25, 0.3) is 201 Å². The number of benzene rings is 22. The summed E-state index contributed by atoms with van der Waals surface area (Å²) in [5.74, 6) is 0. The second kappa shape index (κ2) is 32.7. The molecule has 668 valence electrons. The van der Waals surface area contributed by atoms with E-state index < -0.39 is 0 Å². The van der Waals surface area contributed by atoms with Crippen LogP contribution in [0, 0.1) is 0 Å². The molecule has 0 fully saturated rings. The zero-order valence-electron chi connectivity index (χ0n) is 77.2. The average Bonchev–Trinajstić information content (AvgIpc) is 1.59. The first kappa shape index (κ1) is 81.8. The molecule has 0 saturated carbocycles.